The second kappa shape index (κ2) is 6.02. The molecule has 0 aliphatic rings. The quantitative estimate of drug-likeness (QED) is 0.565. The van der Waals surface area contributed by atoms with E-state index in [1.807, 2.05) is 43.4 Å². The van der Waals surface area contributed by atoms with Gasteiger partial charge in [-0.15, -0.1) is 21.5 Å². The highest BCUT2D eigenvalue weighted by atomic mass is 32.1. The standard InChI is InChI=1S/C16H13N5S2/c1-21(10-14-18-11-6-2-3-8-13(11)22-14)16-20-19-15(23-16)12-7-4-5-9-17-12/h2-9H,10H2,1H3. The molecule has 0 radical (unpaired) electrons. The van der Waals surface area contributed by atoms with Crippen molar-refractivity contribution in [2.75, 3.05) is 11.9 Å². The summed E-state index contributed by atoms with van der Waals surface area (Å²) >= 11 is 3.25. The summed E-state index contributed by atoms with van der Waals surface area (Å²) in [5.74, 6) is 0. The molecule has 3 aromatic heterocycles. The molecule has 0 amide bonds. The van der Waals surface area contributed by atoms with Crippen molar-refractivity contribution in [2.45, 2.75) is 6.54 Å². The molecule has 0 N–H and O–H groups in total. The zero-order chi connectivity index (χ0) is 15.6. The van der Waals surface area contributed by atoms with Crippen LogP contribution in [0.3, 0.4) is 0 Å². The minimum atomic E-state index is 0.718. The molecule has 0 bridgehead atoms. The van der Waals surface area contributed by atoms with Crippen molar-refractivity contribution in [3.8, 4) is 10.7 Å². The summed E-state index contributed by atoms with van der Waals surface area (Å²) in [4.78, 5) is 11.0. The summed E-state index contributed by atoms with van der Waals surface area (Å²) in [5.41, 5.74) is 1.90. The Bertz CT molecular complexity index is 899. The van der Waals surface area contributed by atoms with Gasteiger partial charge in [0.1, 0.15) is 10.7 Å². The van der Waals surface area contributed by atoms with Gasteiger partial charge in [-0.25, -0.2) is 4.98 Å². The summed E-state index contributed by atoms with van der Waals surface area (Å²) < 4.78 is 1.21. The smallest absolute Gasteiger partial charge is 0.208 e. The van der Waals surface area contributed by atoms with Gasteiger partial charge in [0.2, 0.25) is 5.13 Å². The highest BCUT2D eigenvalue weighted by Crippen LogP contribution is 2.29. The van der Waals surface area contributed by atoms with Gasteiger partial charge in [0.05, 0.1) is 16.8 Å². The Morgan fingerprint density at radius 2 is 1.87 bits per heavy atom. The first-order valence-electron chi connectivity index (χ1n) is 7.10. The number of benzene rings is 1. The maximum absolute atomic E-state index is 4.66. The number of aromatic nitrogens is 4. The molecule has 0 saturated carbocycles. The normalized spacial score (nSPS) is 11.0. The monoisotopic (exact) mass is 339 g/mol. The minimum absolute atomic E-state index is 0.718. The predicted octanol–water partition coefficient (Wildman–Crippen LogP) is 3.85. The van der Waals surface area contributed by atoms with Crippen LogP contribution in [-0.2, 0) is 6.54 Å². The van der Waals surface area contributed by atoms with Crippen LogP contribution < -0.4 is 4.90 Å². The third-order valence-electron chi connectivity index (χ3n) is 3.34. The lowest BCUT2D eigenvalue weighted by Gasteiger charge is -2.12. The Kier molecular flexibility index (Phi) is 3.72. The molecule has 5 nitrogen and oxygen atoms in total. The van der Waals surface area contributed by atoms with E-state index in [1.54, 1.807) is 17.5 Å². The first kappa shape index (κ1) is 14.2. The molecule has 0 fully saturated rings. The molecule has 114 valence electrons. The van der Waals surface area contributed by atoms with Crippen LogP contribution in [0.5, 0.6) is 0 Å². The van der Waals surface area contributed by atoms with Crippen LogP contribution in [0.1, 0.15) is 5.01 Å². The lowest BCUT2D eigenvalue weighted by molar-refractivity contribution is 0.888. The van der Waals surface area contributed by atoms with Crippen molar-refractivity contribution in [1.82, 2.24) is 20.2 Å². The fourth-order valence-electron chi connectivity index (χ4n) is 2.22. The number of nitrogens with zero attached hydrogens (tertiary/aromatic N) is 5. The third-order valence-corrected chi connectivity index (χ3v) is 5.42. The molecule has 1 aromatic carbocycles. The van der Waals surface area contributed by atoms with E-state index in [0.29, 0.717) is 0 Å². The van der Waals surface area contributed by atoms with Crippen LogP contribution in [0, 0.1) is 0 Å². The Hall–Kier alpha value is -2.38. The molecule has 0 aliphatic carbocycles. The SMILES string of the molecule is CN(Cc1nc2ccccc2s1)c1nnc(-c2ccccn2)s1. The topological polar surface area (TPSA) is 54.8 Å². The second-order valence-electron chi connectivity index (χ2n) is 5.04. The van der Waals surface area contributed by atoms with E-state index < -0.39 is 0 Å². The van der Waals surface area contributed by atoms with Gasteiger partial charge in [-0.05, 0) is 24.3 Å². The van der Waals surface area contributed by atoms with E-state index in [1.165, 1.54) is 16.0 Å². The molecule has 7 heteroatoms. The average Bonchev–Trinajstić information content (AvgIpc) is 3.22. The van der Waals surface area contributed by atoms with E-state index in [-0.39, 0.29) is 0 Å². The highest BCUT2D eigenvalue weighted by molar-refractivity contribution is 7.19. The fraction of sp³-hybridized carbons (Fsp3) is 0.125. The third kappa shape index (κ3) is 2.93. The summed E-state index contributed by atoms with van der Waals surface area (Å²) in [7, 11) is 2.01. The number of fused-ring (bicyclic) bond motifs is 1. The molecule has 4 aromatic rings. The van der Waals surface area contributed by atoms with Gasteiger partial charge < -0.3 is 4.90 Å². The van der Waals surface area contributed by atoms with Crippen molar-refractivity contribution in [1.29, 1.82) is 0 Å². The van der Waals surface area contributed by atoms with Crippen LogP contribution in [0.2, 0.25) is 0 Å². The maximum Gasteiger partial charge on any atom is 0.208 e. The van der Waals surface area contributed by atoms with Gasteiger partial charge >= 0.3 is 0 Å². The van der Waals surface area contributed by atoms with Gasteiger partial charge in [0, 0.05) is 13.2 Å². The second-order valence-corrected chi connectivity index (χ2v) is 7.11. The number of hydrogen-bond acceptors (Lipinski definition) is 7. The van der Waals surface area contributed by atoms with E-state index >= 15 is 0 Å². The Morgan fingerprint density at radius 1 is 1.00 bits per heavy atom. The summed E-state index contributed by atoms with van der Waals surface area (Å²) in [5, 5.41) is 11.3. The van der Waals surface area contributed by atoms with Crippen molar-refractivity contribution in [3.63, 3.8) is 0 Å². The van der Waals surface area contributed by atoms with Crippen LogP contribution in [0.25, 0.3) is 20.9 Å². The Labute approximate surface area is 141 Å². The molecule has 0 atom stereocenters. The van der Waals surface area contributed by atoms with Crippen LogP contribution >= 0.6 is 22.7 Å². The van der Waals surface area contributed by atoms with Gasteiger partial charge in [-0.2, -0.15) is 0 Å². The number of hydrogen-bond donors (Lipinski definition) is 0. The Morgan fingerprint density at radius 3 is 2.70 bits per heavy atom. The predicted molar refractivity (Wildman–Crippen MR) is 94.9 cm³/mol. The number of anilines is 1. The number of pyridine rings is 1. The molecule has 0 aliphatic heterocycles. The average molecular weight is 339 g/mol. The largest absolute Gasteiger partial charge is 0.343 e. The Balaban J connectivity index is 1.55. The molecule has 3 heterocycles. The van der Waals surface area contributed by atoms with Crippen LogP contribution in [-0.4, -0.2) is 27.2 Å². The molecular formula is C16H13N5S2. The van der Waals surface area contributed by atoms with Crippen LogP contribution in [0.15, 0.2) is 48.7 Å². The van der Waals surface area contributed by atoms with Gasteiger partial charge in [-0.1, -0.05) is 29.5 Å². The highest BCUT2D eigenvalue weighted by Gasteiger charge is 2.13. The molecule has 0 unspecified atom stereocenters. The van der Waals surface area contributed by atoms with Gasteiger partial charge in [-0.3, -0.25) is 4.98 Å². The van der Waals surface area contributed by atoms with Crippen molar-refractivity contribution in [2.24, 2.45) is 0 Å². The van der Waals surface area contributed by atoms with E-state index in [4.69, 9.17) is 0 Å². The molecule has 0 saturated heterocycles. The lowest BCUT2D eigenvalue weighted by Crippen LogP contribution is -2.15. The molecular weight excluding hydrogens is 326 g/mol. The number of thiazole rings is 1. The maximum atomic E-state index is 4.66. The number of para-hydroxylation sites is 1. The lowest BCUT2D eigenvalue weighted by atomic mass is 10.3. The summed E-state index contributed by atoms with van der Waals surface area (Å²) in [6.45, 7) is 0.718. The van der Waals surface area contributed by atoms with E-state index in [2.05, 4.69) is 31.1 Å². The van der Waals surface area contributed by atoms with Gasteiger partial charge in [0.15, 0.2) is 5.01 Å². The summed E-state index contributed by atoms with van der Waals surface area (Å²) in [6, 6.07) is 14.0. The molecule has 4 rings (SSSR count). The van der Waals surface area contributed by atoms with E-state index in [9.17, 15) is 0 Å². The first-order chi connectivity index (χ1) is 11.3. The zero-order valence-electron chi connectivity index (χ0n) is 12.4. The van der Waals surface area contributed by atoms with Crippen molar-refractivity contribution < 1.29 is 0 Å². The first-order valence-corrected chi connectivity index (χ1v) is 8.73. The van der Waals surface area contributed by atoms with E-state index in [0.717, 1.165) is 32.9 Å². The number of rotatable bonds is 4. The molecule has 23 heavy (non-hydrogen) atoms. The zero-order valence-corrected chi connectivity index (χ0v) is 14.0. The fourth-order valence-corrected chi connectivity index (χ4v) is 4.02. The summed E-state index contributed by atoms with van der Waals surface area (Å²) in [6.07, 6.45) is 1.77. The minimum Gasteiger partial charge on any atom is -0.343 e. The molecule has 0 spiro atoms. The van der Waals surface area contributed by atoms with Crippen molar-refractivity contribution in [3.05, 3.63) is 53.7 Å². The van der Waals surface area contributed by atoms with Crippen molar-refractivity contribution >= 4 is 38.0 Å². The van der Waals surface area contributed by atoms with Crippen LogP contribution in [0.4, 0.5) is 5.13 Å². The van der Waals surface area contributed by atoms with Gasteiger partial charge in [0.25, 0.3) is 0 Å².